The molecule has 31 heavy (non-hydrogen) atoms. The highest BCUT2D eigenvalue weighted by molar-refractivity contribution is 5.79. The van der Waals surface area contributed by atoms with Gasteiger partial charge in [-0.25, -0.2) is 4.68 Å². The van der Waals surface area contributed by atoms with Crippen LogP contribution in [0.25, 0.3) is 0 Å². The van der Waals surface area contributed by atoms with E-state index in [0.29, 0.717) is 19.6 Å². The van der Waals surface area contributed by atoms with Crippen LogP contribution in [0.15, 0.2) is 71.7 Å². The number of carbonyl (C=O) groups excluding carboxylic acids is 1. The highest BCUT2D eigenvalue weighted by Gasteiger charge is 2.26. The third-order valence-corrected chi connectivity index (χ3v) is 5.90. The fraction of sp³-hybridized carbons (Fsp3) is 0.320. The Morgan fingerprint density at radius 2 is 1.90 bits per heavy atom. The van der Waals surface area contributed by atoms with Crippen molar-refractivity contribution in [3.63, 3.8) is 0 Å². The van der Waals surface area contributed by atoms with E-state index in [2.05, 4.69) is 28.3 Å². The van der Waals surface area contributed by atoms with E-state index in [1.54, 1.807) is 12.3 Å². The van der Waals surface area contributed by atoms with Crippen LogP contribution in [0.2, 0.25) is 0 Å². The standard InChI is InChI=1S/C25H28N4O2/c1-19-8-5-6-11-21(19)15-26-25(31)22-12-7-13-28(18-22)23-14-24(30)29(27-16-23)17-20-9-3-2-4-10-20/h2-6,8-11,14,16,22H,7,12-13,15,17-18H2,1H3,(H,26,31). The number of nitrogens with one attached hydrogen (secondary N) is 1. The summed E-state index contributed by atoms with van der Waals surface area (Å²) < 4.78 is 1.47. The van der Waals surface area contributed by atoms with Crippen LogP contribution in [-0.4, -0.2) is 28.8 Å². The van der Waals surface area contributed by atoms with Crippen molar-refractivity contribution in [2.24, 2.45) is 5.92 Å². The zero-order valence-electron chi connectivity index (χ0n) is 17.8. The van der Waals surface area contributed by atoms with Gasteiger partial charge in [-0.15, -0.1) is 0 Å². The number of hydrogen-bond donors (Lipinski definition) is 1. The smallest absolute Gasteiger partial charge is 0.269 e. The lowest BCUT2D eigenvalue weighted by Gasteiger charge is -2.33. The van der Waals surface area contributed by atoms with Crippen LogP contribution >= 0.6 is 0 Å². The number of benzene rings is 2. The summed E-state index contributed by atoms with van der Waals surface area (Å²) in [6, 6.07) is 19.5. The van der Waals surface area contributed by atoms with Gasteiger partial charge in [0, 0.05) is 25.7 Å². The van der Waals surface area contributed by atoms with Crippen molar-refractivity contribution in [1.82, 2.24) is 15.1 Å². The van der Waals surface area contributed by atoms with Crippen molar-refractivity contribution in [1.29, 1.82) is 0 Å². The predicted octanol–water partition coefficient (Wildman–Crippen LogP) is 3.13. The van der Waals surface area contributed by atoms with Gasteiger partial charge < -0.3 is 10.2 Å². The normalized spacial score (nSPS) is 16.2. The topological polar surface area (TPSA) is 67.2 Å². The molecule has 1 aliphatic rings. The van der Waals surface area contributed by atoms with Gasteiger partial charge in [-0.05, 0) is 36.5 Å². The SMILES string of the molecule is Cc1ccccc1CNC(=O)C1CCCN(c2cnn(Cc3ccccc3)c(=O)c2)C1. The van der Waals surface area contributed by atoms with Crippen molar-refractivity contribution in [3.8, 4) is 0 Å². The predicted molar refractivity (Wildman–Crippen MR) is 122 cm³/mol. The molecule has 1 saturated heterocycles. The van der Waals surface area contributed by atoms with Gasteiger partial charge in [0.25, 0.3) is 5.56 Å². The quantitative estimate of drug-likeness (QED) is 0.670. The van der Waals surface area contributed by atoms with Gasteiger partial charge in [0.2, 0.25) is 5.91 Å². The molecule has 6 nitrogen and oxygen atoms in total. The van der Waals surface area contributed by atoms with Crippen LogP contribution < -0.4 is 15.8 Å². The number of aryl methyl sites for hydroxylation is 1. The molecule has 4 rings (SSSR count). The lowest BCUT2D eigenvalue weighted by atomic mass is 9.96. The van der Waals surface area contributed by atoms with E-state index in [1.165, 1.54) is 10.2 Å². The maximum Gasteiger partial charge on any atom is 0.269 e. The molecule has 1 aliphatic heterocycles. The molecular formula is C25H28N4O2. The lowest BCUT2D eigenvalue weighted by Crippen LogP contribution is -2.43. The van der Waals surface area contributed by atoms with Gasteiger partial charge in [0.05, 0.1) is 24.3 Å². The molecule has 6 heteroatoms. The van der Waals surface area contributed by atoms with E-state index in [-0.39, 0.29) is 17.4 Å². The van der Waals surface area contributed by atoms with E-state index in [1.807, 2.05) is 48.5 Å². The second kappa shape index (κ2) is 9.60. The minimum Gasteiger partial charge on any atom is -0.369 e. The van der Waals surface area contributed by atoms with Gasteiger partial charge in [0.1, 0.15) is 0 Å². The molecule has 0 spiro atoms. The number of aromatic nitrogens is 2. The molecule has 0 aliphatic carbocycles. The maximum atomic E-state index is 12.8. The summed E-state index contributed by atoms with van der Waals surface area (Å²) in [5.41, 5.74) is 4.00. The van der Waals surface area contributed by atoms with Crippen molar-refractivity contribution in [2.45, 2.75) is 32.9 Å². The molecular weight excluding hydrogens is 388 g/mol. The van der Waals surface area contributed by atoms with E-state index in [4.69, 9.17) is 0 Å². The Kier molecular flexibility index (Phi) is 6.46. The fourth-order valence-electron chi connectivity index (χ4n) is 4.03. The average molecular weight is 417 g/mol. The van der Waals surface area contributed by atoms with Crippen molar-refractivity contribution >= 4 is 11.6 Å². The highest BCUT2D eigenvalue weighted by Crippen LogP contribution is 2.22. The number of piperidine rings is 1. The third kappa shape index (κ3) is 5.20. The van der Waals surface area contributed by atoms with Gasteiger partial charge in [-0.3, -0.25) is 9.59 Å². The first-order valence-corrected chi connectivity index (χ1v) is 10.8. The summed E-state index contributed by atoms with van der Waals surface area (Å²) in [6.45, 7) is 4.47. The Morgan fingerprint density at radius 3 is 2.68 bits per heavy atom. The molecule has 1 fully saturated rings. The number of anilines is 1. The van der Waals surface area contributed by atoms with Crippen molar-refractivity contribution < 1.29 is 4.79 Å². The second-order valence-corrected chi connectivity index (χ2v) is 8.12. The summed E-state index contributed by atoms with van der Waals surface area (Å²) in [7, 11) is 0. The summed E-state index contributed by atoms with van der Waals surface area (Å²) in [5.74, 6) is -0.0251. The molecule has 0 bridgehead atoms. The molecule has 1 atom stereocenters. The molecule has 2 heterocycles. The largest absolute Gasteiger partial charge is 0.369 e. The number of hydrogen-bond acceptors (Lipinski definition) is 4. The van der Waals surface area contributed by atoms with E-state index in [0.717, 1.165) is 36.2 Å². The maximum absolute atomic E-state index is 12.8. The van der Waals surface area contributed by atoms with Crippen LogP contribution in [0, 0.1) is 12.8 Å². The Bertz CT molecular complexity index is 1090. The van der Waals surface area contributed by atoms with E-state index < -0.39 is 0 Å². The zero-order chi connectivity index (χ0) is 21.6. The lowest BCUT2D eigenvalue weighted by molar-refractivity contribution is -0.125. The molecule has 3 aromatic rings. The molecule has 1 N–H and O–H groups in total. The Balaban J connectivity index is 1.39. The number of carbonyl (C=O) groups is 1. The zero-order valence-corrected chi connectivity index (χ0v) is 17.8. The minimum atomic E-state index is -0.132. The highest BCUT2D eigenvalue weighted by atomic mass is 16.2. The molecule has 1 aromatic heterocycles. The van der Waals surface area contributed by atoms with E-state index >= 15 is 0 Å². The van der Waals surface area contributed by atoms with Crippen LogP contribution in [-0.2, 0) is 17.9 Å². The fourth-order valence-corrected chi connectivity index (χ4v) is 4.03. The summed E-state index contributed by atoms with van der Waals surface area (Å²) in [6.07, 6.45) is 3.50. The van der Waals surface area contributed by atoms with Crippen molar-refractivity contribution in [3.05, 3.63) is 93.9 Å². The Hall–Kier alpha value is -3.41. The van der Waals surface area contributed by atoms with Gasteiger partial charge in [-0.2, -0.15) is 5.10 Å². The molecule has 0 radical (unpaired) electrons. The molecule has 0 saturated carbocycles. The molecule has 2 aromatic carbocycles. The summed E-state index contributed by atoms with van der Waals surface area (Å²) in [4.78, 5) is 27.5. The minimum absolute atomic E-state index is 0.0679. The average Bonchev–Trinajstić information content (AvgIpc) is 2.80. The first kappa shape index (κ1) is 20.8. The monoisotopic (exact) mass is 416 g/mol. The van der Waals surface area contributed by atoms with Gasteiger partial charge in [0.15, 0.2) is 0 Å². The van der Waals surface area contributed by atoms with Gasteiger partial charge in [-0.1, -0.05) is 54.6 Å². The van der Waals surface area contributed by atoms with Crippen molar-refractivity contribution in [2.75, 3.05) is 18.0 Å². The second-order valence-electron chi connectivity index (χ2n) is 8.12. The number of nitrogens with zero attached hydrogens (tertiary/aromatic N) is 3. The Morgan fingerprint density at radius 1 is 1.13 bits per heavy atom. The summed E-state index contributed by atoms with van der Waals surface area (Å²) in [5, 5.41) is 7.45. The first-order valence-electron chi connectivity index (χ1n) is 10.8. The number of rotatable bonds is 6. The summed E-state index contributed by atoms with van der Waals surface area (Å²) >= 11 is 0. The molecule has 1 unspecified atom stereocenters. The van der Waals surface area contributed by atoms with Crippen LogP contribution in [0.5, 0.6) is 0 Å². The number of amides is 1. The molecule has 160 valence electrons. The van der Waals surface area contributed by atoms with Crippen LogP contribution in [0.1, 0.15) is 29.5 Å². The van der Waals surface area contributed by atoms with Crippen LogP contribution in [0.3, 0.4) is 0 Å². The van der Waals surface area contributed by atoms with Gasteiger partial charge >= 0.3 is 0 Å². The van der Waals surface area contributed by atoms with E-state index in [9.17, 15) is 9.59 Å². The molecule has 1 amide bonds. The Labute approximate surface area is 182 Å². The third-order valence-electron chi connectivity index (χ3n) is 5.90. The first-order chi connectivity index (χ1) is 15.1. The van der Waals surface area contributed by atoms with Crippen LogP contribution in [0.4, 0.5) is 5.69 Å².